The number of benzene rings is 1. The van der Waals surface area contributed by atoms with Crippen LogP contribution in [-0.2, 0) is 0 Å². The molecule has 0 bridgehead atoms. The minimum Gasteiger partial charge on any atom is -0.493 e. The summed E-state index contributed by atoms with van der Waals surface area (Å²) < 4.78 is 0. The molecule has 0 aliphatic carbocycles. The predicted molar refractivity (Wildman–Crippen MR) is 71.0 cm³/mol. The number of aromatic hydroxyl groups is 1. The average Bonchev–Trinajstić information content (AvgIpc) is 2.35. The number of hydrogen-bond donors (Lipinski definition) is 2. The molecule has 1 heterocycles. The Morgan fingerprint density at radius 2 is 1.83 bits per heavy atom. The molecule has 18 heavy (non-hydrogen) atoms. The third-order valence-electron chi connectivity index (χ3n) is 2.78. The van der Waals surface area contributed by atoms with Gasteiger partial charge in [0.1, 0.15) is 5.82 Å². The summed E-state index contributed by atoms with van der Waals surface area (Å²) in [5.41, 5.74) is 1.71. The van der Waals surface area contributed by atoms with Crippen LogP contribution >= 0.6 is 0 Å². The molecule has 0 spiro atoms. The number of aromatic amines is 1. The maximum atomic E-state index is 11.5. The van der Waals surface area contributed by atoms with E-state index in [0.717, 1.165) is 11.3 Å². The van der Waals surface area contributed by atoms with Crippen molar-refractivity contribution in [3.63, 3.8) is 0 Å². The van der Waals surface area contributed by atoms with Gasteiger partial charge in [0.15, 0.2) is 0 Å². The number of H-pyrrole nitrogens is 1. The standard InChI is InChI=1S/C13H15N3O2/c1-8-12(17)14-11(15-13(8)18)9-4-6-10(7-5-9)16(2)3/h4-7H,1-3H3,(H2,14,15,17,18). The van der Waals surface area contributed by atoms with Gasteiger partial charge in [0.05, 0.1) is 5.56 Å². The van der Waals surface area contributed by atoms with Gasteiger partial charge >= 0.3 is 0 Å². The summed E-state index contributed by atoms with van der Waals surface area (Å²) >= 11 is 0. The molecule has 5 nitrogen and oxygen atoms in total. The number of rotatable bonds is 2. The van der Waals surface area contributed by atoms with Crippen molar-refractivity contribution in [3.8, 4) is 17.3 Å². The lowest BCUT2D eigenvalue weighted by atomic mass is 10.2. The summed E-state index contributed by atoms with van der Waals surface area (Å²) in [7, 11) is 3.90. The number of nitrogens with one attached hydrogen (secondary N) is 1. The molecular weight excluding hydrogens is 230 g/mol. The highest BCUT2D eigenvalue weighted by atomic mass is 16.3. The third kappa shape index (κ3) is 2.20. The van der Waals surface area contributed by atoms with Crippen LogP contribution in [0.4, 0.5) is 5.69 Å². The Kier molecular flexibility index (Phi) is 3.06. The monoisotopic (exact) mass is 245 g/mol. The van der Waals surface area contributed by atoms with Crippen molar-refractivity contribution < 1.29 is 5.11 Å². The van der Waals surface area contributed by atoms with E-state index in [1.54, 1.807) is 0 Å². The van der Waals surface area contributed by atoms with Crippen molar-refractivity contribution in [1.82, 2.24) is 9.97 Å². The molecule has 0 saturated carbocycles. The molecule has 0 saturated heterocycles. The van der Waals surface area contributed by atoms with Gasteiger partial charge in [-0.3, -0.25) is 4.79 Å². The SMILES string of the molecule is Cc1c(O)nc(-c2ccc(N(C)C)cc2)[nH]c1=O. The van der Waals surface area contributed by atoms with Crippen LogP contribution in [0, 0.1) is 6.92 Å². The van der Waals surface area contributed by atoms with Crippen LogP contribution in [0.15, 0.2) is 29.1 Å². The zero-order valence-electron chi connectivity index (χ0n) is 10.6. The first-order valence-corrected chi connectivity index (χ1v) is 5.56. The van der Waals surface area contributed by atoms with Crippen molar-refractivity contribution >= 4 is 5.69 Å². The molecule has 0 fully saturated rings. The number of aromatic nitrogens is 2. The Hall–Kier alpha value is -2.30. The lowest BCUT2D eigenvalue weighted by Gasteiger charge is -2.12. The molecule has 2 N–H and O–H groups in total. The minimum absolute atomic E-state index is 0.226. The van der Waals surface area contributed by atoms with Crippen LogP contribution in [0.1, 0.15) is 5.56 Å². The third-order valence-corrected chi connectivity index (χ3v) is 2.78. The molecule has 0 amide bonds. The second kappa shape index (κ2) is 4.52. The molecule has 0 aliphatic rings. The minimum atomic E-state index is -0.325. The van der Waals surface area contributed by atoms with E-state index >= 15 is 0 Å². The Bertz CT molecular complexity index is 615. The van der Waals surface area contributed by atoms with Crippen molar-refractivity contribution in [1.29, 1.82) is 0 Å². The summed E-state index contributed by atoms with van der Waals surface area (Å²) in [5.74, 6) is 0.138. The van der Waals surface area contributed by atoms with Gasteiger partial charge in [-0.05, 0) is 31.2 Å². The molecule has 0 radical (unpaired) electrons. The molecule has 2 aromatic rings. The molecule has 2 rings (SSSR count). The smallest absolute Gasteiger partial charge is 0.257 e. The average molecular weight is 245 g/mol. The van der Waals surface area contributed by atoms with Gasteiger partial charge in [-0.2, -0.15) is 4.98 Å². The fourth-order valence-corrected chi connectivity index (χ4v) is 1.57. The number of hydrogen-bond acceptors (Lipinski definition) is 4. The zero-order chi connectivity index (χ0) is 13.3. The van der Waals surface area contributed by atoms with Crippen molar-refractivity contribution in [2.24, 2.45) is 0 Å². The maximum Gasteiger partial charge on any atom is 0.257 e. The first-order chi connectivity index (χ1) is 8.49. The molecule has 0 aliphatic heterocycles. The molecule has 1 aromatic heterocycles. The van der Waals surface area contributed by atoms with Crippen LogP contribution in [0.2, 0.25) is 0 Å². The first kappa shape index (κ1) is 12.2. The van der Waals surface area contributed by atoms with Gasteiger partial charge in [-0.25, -0.2) is 0 Å². The molecular formula is C13H15N3O2. The molecule has 94 valence electrons. The molecule has 0 unspecified atom stereocenters. The van der Waals surface area contributed by atoms with E-state index < -0.39 is 0 Å². The number of nitrogens with zero attached hydrogens (tertiary/aromatic N) is 2. The first-order valence-electron chi connectivity index (χ1n) is 5.56. The van der Waals surface area contributed by atoms with E-state index in [1.807, 2.05) is 43.3 Å². The van der Waals surface area contributed by atoms with Gasteiger partial charge < -0.3 is 15.0 Å². The van der Waals surface area contributed by atoms with Crippen molar-refractivity contribution in [2.75, 3.05) is 19.0 Å². The topological polar surface area (TPSA) is 69.2 Å². The van der Waals surface area contributed by atoms with Gasteiger partial charge in [-0.1, -0.05) is 0 Å². The maximum absolute atomic E-state index is 11.5. The summed E-state index contributed by atoms with van der Waals surface area (Å²) in [6.45, 7) is 1.53. The fourth-order valence-electron chi connectivity index (χ4n) is 1.57. The van der Waals surface area contributed by atoms with E-state index in [0.29, 0.717) is 5.82 Å². The van der Waals surface area contributed by atoms with Crippen LogP contribution in [0.3, 0.4) is 0 Å². The molecule has 1 aromatic carbocycles. The molecule has 5 heteroatoms. The van der Waals surface area contributed by atoms with Crippen molar-refractivity contribution in [2.45, 2.75) is 6.92 Å². The van der Waals surface area contributed by atoms with E-state index in [2.05, 4.69) is 9.97 Å². The van der Waals surface area contributed by atoms with E-state index in [1.165, 1.54) is 6.92 Å². The second-order valence-corrected chi connectivity index (χ2v) is 4.30. The summed E-state index contributed by atoms with van der Waals surface area (Å²) in [5, 5.41) is 9.55. The van der Waals surface area contributed by atoms with Crippen LogP contribution in [-0.4, -0.2) is 29.2 Å². The fraction of sp³-hybridized carbons (Fsp3) is 0.231. The van der Waals surface area contributed by atoms with Gasteiger partial charge in [0.2, 0.25) is 5.88 Å². The predicted octanol–water partition coefficient (Wildman–Crippen LogP) is 1.52. The highest BCUT2D eigenvalue weighted by molar-refractivity contribution is 5.60. The Morgan fingerprint density at radius 3 is 2.33 bits per heavy atom. The normalized spacial score (nSPS) is 10.4. The quantitative estimate of drug-likeness (QED) is 0.841. The van der Waals surface area contributed by atoms with Crippen molar-refractivity contribution in [3.05, 3.63) is 40.2 Å². The summed E-state index contributed by atoms with van der Waals surface area (Å²) in [4.78, 5) is 20.1. The van der Waals surface area contributed by atoms with Crippen LogP contribution < -0.4 is 10.5 Å². The second-order valence-electron chi connectivity index (χ2n) is 4.30. The Morgan fingerprint density at radius 1 is 1.22 bits per heavy atom. The lowest BCUT2D eigenvalue weighted by Crippen LogP contribution is -2.12. The summed E-state index contributed by atoms with van der Waals surface area (Å²) in [6.07, 6.45) is 0. The zero-order valence-corrected chi connectivity index (χ0v) is 10.6. The Balaban J connectivity index is 2.46. The van der Waals surface area contributed by atoms with E-state index in [4.69, 9.17) is 0 Å². The van der Waals surface area contributed by atoms with E-state index in [9.17, 15) is 9.90 Å². The lowest BCUT2D eigenvalue weighted by molar-refractivity contribution is 0.447. The van der Waals surface area contributed by atoms with Crippen LogP contribution in [0.25, 0.3) is 11.4 Å². The van der Waals surface area contributed by atoms with Crippen LogP contribution in [0.5, 0.6) is 5.88 Å². The van der Waals surface area contributed by atoms with E-state index in [-0.39, 0.29) is 17.0 Å². The molecule has 0 atom stereocenters. The number of anilines is 1. The largest absolute Gasteiger partial charge is 0.493 e. The van der Waals surface area contributed by atoms with Gasteiger partial charge in [0, 0.05) is 25.3 Å². The highest BCUT2D eigenvalue weighted by Gasteiger charge is 2.07. The van der Waals surface area contributed by atoms with Gasteiger partial charge in [0.25, 0.3) is 5.56 Å². The Labute approximate surface area is 105 Å². The van der Waals surface area contributed by atoms with Gasteiger partial charge in [-0.15, -0.1) is 0 Å². The summed E-state index contributed by atoms with van der Waals surface area (Å²) in [6, 6.07) is 7.54. The highest BCUT2D eigenvalue weighted by Crippen LogP contribution is 2.20.